The minimum Gasteiger partial charge on any atom is -0.347 e. The van der Waals surface area contributed by atoms with Crippen LogP contribution < -0.4 is 5.32 Å². The zero-order valence-electron chi connectivity index (χ0n) is 10.3. The van der Waals surface area contributed by atoms with Crippen LogP contribution in [0.15, 0.2) is 0 Å². The maximum absolute atomic E-state index is 11.7. The summed E-state index contributed by atoms with van der Waals surface area (Å²) in [5, 5.41) is 3.40. The Labute approximate surface area is 92.6 Å². The van der Waals surface area contributed by atoms with Gasteiger partial charge in [0, 0.05) is 26.7 Å². The summed E-state index contributed by atoms with van der Waals surface area (Å²) >= 11 is 0. The van der Waals surface area contributed by atoms with Crippen LogP contribution >= 0.6 is 0 Å². The molecule has 0 aromatic rings. The molecule has 1 amide bonds. The summed E-state index contributed by atoms with van der Waals surface area (Å²) in [5.74, 6) is 0.205. The van der Waals surface area contributed by atoms with Gasteiger partial charge in [-0.05, 0) is 26.4 Å². The first-order valence-electron chi connectivity index (χ1n) is 5.70. The van der Waals surface area contributed by atoms with Gasteiger partial charge >= 0.3 is 0 Å². The van der Waals surface area contributed by atoms with Crippen molar-refractivity contribution in [2.75, 3.05) is 34.2 Å². The minimum atomic E-state index is 0.0373. The number of amides is 1. The normalized spacial score (nSPS) is 25.9. The summed E-state index contributed by atoms with van der Waals surface area (Å²) in [6.07, 6.45) is 2.08. The summed E-state index contributed by atoms with van der Waals surface area (Å²) in [6, 6.07) is 0.513. The Morgan fingerprint density at radius 3 is 2.53 bits per heavy atom. The Morgan fingerprint density at radius 2 is 2.00 bits per heavy atom. The second kappa shape index (κ2) is 5.47. The van der Waals surface area contributed by atoms with E-state index in [-0.39, 0.29) is 11.9 Å². The fraction of sp³-hybridized carbons (Fsp3) is 0.909. The van der Waals surface area contributed by atoms with Gasteiger partial charge < -0.3 is 15.1 Å². The van der Waals surface area contributed by atoms with E-state index in [4.69, 9.17) is 0 Å². The third-order valence-corrected chi connectivity index (χ3v) is 3.05. The van der Waals surface area contributed by atoms with Crippen molar-refractivity contribution in [3.8, 4) is 0 Å². The summed E-state index contributed by atoms with van der Waals surface area (Å²) in [5.41, 5.74) is 0. The maximum atomic E-state index is 11.7. The van der Waals surface area contributed by atoms with Crippen molar-refractivity contribution in [2.45, 2.75) is 31.8 Å². The van der Waals surface area contributed by atoms with Gasteiger partial charge in [-0.15, -0.1) is 0 Å². The van der Waals surface area contributed by atoms with Crippen LogP contribution in [0.5, 0.6) is 0 Å². The average molecular weight is 213 g/mol. The van der Waals surface area contributed by atoms with Gasteiger partial charge in [0.15, 0.2) is 0 Å². The molecule has 2 unspecified atom stereocenters. The molecule has 0 aromatic heterocycles. The quantitative estimate of drug-likeness (QED) is 0.722. The van der Waals surface area contributed by atoms with Crippen LogP contribution in [0.3, 0.4) is 0 Å². The Morgan fingerprint density at radius 1 is 1.33 bits per heavy atom. The predicted molar refractivity (Wildman–Crippen MR) is 61.8 cm³/mol. The third kappa shape index (κ3) is 3.47. The first-order valence-corrected chi connectivity index (χ1v) is 5.70. The molecular formula is C11H23N3O. The number of nitrogens with zero attached hydrogens (tertiary/aromatic N) is 2. The van der Waals surface area contributed by atoms with Gasteiger partial charge in [0.25, 0.3) is 0 Å². The van der Waals surface area contributed by atoms with E-state index < -0.39 is 0 Å². The number of nitrogens with one attached hydrogen (secondary N) is 1. The number of likely N-dealkylation sites (N-methyl/N-ethyl adjacent to an activating group) is 2. The second-order valence-electron chi connectivity index (χ2n) is 4.58. The van der Waals surface area contributed by atoms with E-state index in [1.54, 1.807) is 4.90 Å². The van der Waals surface area contributed by atoms with Gasteiger partial charge in [0.05, 0.1) is 6.04 Å². The minimum absolute atomic E-state index is 0.0373. The molecular weight excluding hydrogens is 190 g/mol. The Hall–Kier alpha value is -0.610. The number of rotatable bonds is 4. The van der Waals surface area contributed by atoms with Gasteiger partial charge in [0.1, 0.15) is 0 Å². The Kier molecular flexibility index (Phi) is 4.54. The van der Waals surface area contributed by atoms with E-state index in [0.717, 1.165) is 25.9 Å². The van der Waals surface area contributed by atoms with E-state index >= 15 is 0 Å². The van der Waals surface area contributed by atoms with E-state index in [9.17, 15) is 4.79 Å². The molecule has 0 saturated carbocycles. The zero-order chi connectivity index (χ0) is 11.4. The van der Waals surface area contributed by atoms with Crippen molar-refractivity contribution in [3.05, 3.63) is 0 Å². The smallest absolute Gasteiger partial charge is 0.239 e. The number of hydrogen-bond acceptors (Lipinski definition) is 3. The highest BCUT2D eigenvalue weighted by Gasteiger charge is 2.29. The molecule has 88 valence electrons. The molecule has 4 nitrogen and oxygen atoms in total. The van der Waals surface area contributed by atoms with Crippen molar-refractivity contribution >= 4 is 5.91 Å². The van der Waals surface area contributed by atoms with Crippen molar-refractivity contribution in [3.63, 3.8) is 0 Å². The molecule has 1 fully saturated rings. The van der Waals surface area contributed by atoms with E-state index in [2.05, 4.69) is 24.2 Å². The zero-order valence-corrected chi connectivity index (χ0v) is 10.3. The van der Waals surface area contributed by atoms with Crippen molar-refractivity contribution < 1.29 is 4.79 Å². The molecule has 0 aliphatic carbocycles. The molecule has 1 saturated heterocycles. The van der Waals surface area contributed by atoms with Crippen molar-refractivity contribution in [2.24, 2.45) is 0 Å². The summed E-state index contributed by atoms with van der Waals surface area (Å²) < 4.78 is 0. The van der Waals surface area contributed by atoms with Gasteiger partial charge in [-0.2, -0.15) is 0 Å². The van der Waals surface area contributed by atoms with Crippen LogP contribution in [0.2, 0.25) is 0 Å². The van der Waals surface area contributed by atoms with E-state index in [1.165, 1.54) is 0 Å². The molecule has 2 atom stereocenters. The number of carbonyl (C=O) groups excluding carboxylic acids is 1. The molecule has 15 heavy (non-hydrogen) atoms. The van der Waals surface area contributed by atoms with Gasteiger partial charge in [0.2, 0.25) is 5.91 Å². The first kappa shape index (κ1) is 12.5. The number of carbonyl (C=O) groups is 1. The highest BCUT2D eigenvalue weighted by atomic mass is 16.2. The lowest BCUT2D eigenvalue weighted by atomic mass is 10.2. The topological polar surface area (TPSA) is 35.6 Å². The highest BCUT2D eigenvalue weighted by molar-refractivity contribution is 5.81. The molecule has 0 radical (unpaired) electrons. The maximum Gasteiger partial charge on any atom is 0.239 e. The van der Waals surface area contributed by atoms with Gasteiger partial charge in [-0.3, -0.25) is 4.79 Å². The second-order valence-corrected chi connectivity index (χ2v) is 4.58. The lowest BCUT2D eigenvalue weighted by Gasteiger charge is -2.21. The van der Waals surface area contributed by atoms with Crippen molar-refractivity contribution in [1.82, 2.24) is 15.1 Å². The van der Waals surface area contributed by atoms with Crippen molar-refractivity contribution in [1.29, 1.82) is 0 Å². The SMILES string of the molecule is CCN(C)CC1CCC(C(=O)N(C)C)N1. The Balaban J connectivity index is 2.35. The Bertz CT molecular complexity index is 218. The third-order valence-electron chi connectivity index (χ3n) is 3.05. The number of hydrogen-bond donors (Lipinski definition) is 1. The predicted octanol–water partition coefficient (Wildman–Crippen LogP) is 0.147. The summed E-state index contributed by atoms with van der Waals surface area (Å²) in [4.78, 5) is 15.6. The largest absolute Gasteiger partial charge is 0.347 e. The highest BCUT2D eigenvalue weighted by Crippen LogP contribution is 2.14. The van der Waals surface area contributed by atoms with Crippen LogP contribution in [0.25, 0.3) is 0 Å². The molecule has 1 aliphatic heterocycles. The first-order chi connectivity index (χ1) is 7.04. The molecule has 1 aliphatic rings. The monoisotopic (exact) mass is 213 g/mol. The molecule has 1 heterocycles. The molecule has 4 heteroatoms. The summed E-state index contributed by atoms with van der Waals surface area (Å²) in [6.45, 7) is 4.25. The molecule has 0 aromatic carbocycles. The molecule has 1 rings (SSSR count). The molecule has 1 N–H and O–H groups in total. The average Bonchev–Trinajstić information content (AvgIpc) is 2.64. The van der Waals surface area contributed by atoms with E-state index in [0.29, 0.717) is 6.04 Å². The summed E-state index contributed by atoms with van der Waals surface area (Å²) in [7, 11) is 5.74. The van der Waals surface area contributed by atoms with Gasteiger partial charge in [-0.25, -0.2) is 0 Å². The van der Waals surface area contributed by atoms with Gasteiger partial charge in [-0.1, -0.05) is 6.92 Å². The van der Waals surface area contributed by atoms with Crippen LogP contribution in [0.1, 0.15) is 19.8 Å². The molecule has 0 spiro atoms. The fourth-order valence-corrected chi connectivity index (χ4v) is 1.97. The lowest BCUT2D eigenvalue weighted by Crippen LogP contribution is -2.44. The van der Waals surface area contributed by atoms with E-state index in [1.807, 2.05) is 14.1 Å². The standard InChI is InChI=1S/C11H23N3O/c1-5-14(4)8-9-6-7-10(12-9)11(15)13(2)3/h9-10,12H,5-8H2,1-4H3. The van der Waals surface area contributed by atoms with Crippen LogP contribution in [0.4, 0.5) is 0 Å². The lowest BCUT2D eigenvalue weighted by molar-refractivity contribution is -0.130. The fourth-order valence-electron chi connectivity index (χ4n) is 1.97. The van der Waals surface area contributed by atoms with Crippen LogP contribution in [0, 0.1) is 0 Å². The van der Waals surface area contributed by atoms with Crippen LogP contribution in [-0.4, -0.2) is 62.0 Å². The van der Waals surface area contributed by atoms with Crippen LogP contribution in [-0.2, 0) is 4.79 Å². The molecule has 0 bridgehead atoms.